The van der Waals surface area contributed by atoms with Crippen LogP contribution in [-0.4, -0.2) is 47.8 Å². The number of amides is 1. The van der Waals surface area contributed by atoms with Gasteiger partial charge >= 0.3 is 0 Å². The molecule has 0 saturated carbocycles. The molecule has 1 atom stereocenters. The molecule has 0 radical (unpaired) electrons. The van der Waals surface area contributed by atoms with Crippen molar-refractivity contribution < 1.29 is 17.9 Å². The number of carbonyl (C=O) groups is 1. The second-order valence-electron chi connectivity index (χ2n) is 12.9. The molecule has 47 heavy (non-hydrogen) atoms. The summed E-state index contributed by atoms with van der Waals surface area (Å²) in [6.45, 7) is 10.6. The summed E-state index contributed by atoms with van der Waals surface area (Å²) in [7, 11) is -2.49. The van der Waals surface area contributed by atoms with Crippen molar-refractivity contribution >= 4 is 21.9 Å². The average Bonchev–Trinajstić information content (AvgIpc) is 3.03. The molecule has 10 heteroatoms. The predicted molar refractivity (Wildman–Crippen MR) is 183 cm³/mol. The average molecular weight is 648 g/mol. The van der Waals surface area contributed by atoms with Crippen molar-refractivity contribution in [1.29, 1.82) is 0 Å². The number of benzene rings is 3. The first-order chi connectivity index (χ1) is 22.3. The summed E-state index contributed by atoms with van der Waals surface area (Å²) in [6, 6.07) is 25.8. The van der Waals surface area contributed by atoms with Crippen LogP contribution in [0.25, 0.3) is 22.4 Å². The lowest BCUT2D eigenvalue weighted by Gasteiger charge is -2.25. The summed E-state index contributed by atoms with van der Waals surface area (Å²) >= 11 is 0. The smallest absolute Gasteiger partial charge is 0.264 e. The highest BCUT2D eigenvalue weighted by Gasteiger charge is 2.26. The second-order valence-corrected chi connectivity index (χ2v) is 14.6. The molecule has 2 aromatic heterocycles. The first kappa shape index (κ1) is 31.9. The summed E-state index contributed by atoms with van der Waals surface area (Å²) in [4.78, 5) is 28.8. The molecule has 3 heterocycles. The summed E-state index contributed by atoms with van der Waals surface area (Å²) in [5.74, 6) is -0.375. The Hall–Kier alpha value is -5.09. The number of nitrogens with one attached hydrogen (secondary N) is 1. The van der Waals surface area contributed by atoms with Crippen LogP contribution in [0.5, 0.6) is 5.88 Å². The third-order valence-corrected chi connectivity index (χ3v) is 9.63. The van der Waals surface area contributed by atoms with Crippen LogP contribution >= 0.6 is 0 Å². The van der Waals surface area contributed by atoms with Crippen molar-refractivity contribution in [3.63, 3.8) is 0 Å². The van der Waals surface area contributed by atoms with Gasteiger partial charge in [-0.3, -0.25) is 9.78 Å². The Bertz CT molecular complexity index is 2050. The number of aromatic nitrogens is 3. The highest BCUT2D eigenvalue weighted by atomic mass is 32.2. The highest BCUT2D eigenvalue weighted by molar-refractivity contribution is 7.92. The van der Waals surface area contributed by atoms with Gasteiger partial charge in [0.1, 0.15) is 0 Å². The number of pyridine rings is 1. The zero-order chi connectivity index (χ0) is 33.5. The van der Waals surface area contributed by atoms with Gasteiger partial charge in [0, 0.05) is 36.0 Å². The van der Waals surface area contributed by atoms with Crippen LogP contribution in [0.4, 0.5) is 5.95 Å². The number of rotatable bonds is 3. The minimum absolute atomic E-state index is 0.0494. The SMILES string of the molecule is Cc1cccc(C)c1-c1cc2nc(n1)NS(=O)(=O)c1cccc(c1)C(=O)N(C)CC(c1ccc(-c3ccc(C(C)(C)C)cc3)cn1)O2. The molecule has 0 saturated heterocycles. The number of fused-ring (bicyclic) bond motifs is 4. The Morgan fingerprint density at radius 3 is 2.19 bits per heavy atom. The topological polar surface area (TPSA) is 114 Å². The van der Waals surface area contributed by atoms with E-state index in [2.05, 4.69) is 59.7 Å². The third kappa shape index (κ3) is 6.73. The Kier molecular flexibility index (Phi) is 8.31. The maximum atomic E-state index is 13.5. The first-order valence-corrected chi connectivity index (χ1v) is 16.8. The molecule has 1 aliphatic heterocycles. The van der Waals surface area contributed by atoms with E-state index in [-0.39, 0.29) is 40.2 Å². The Balaban J connectivity index is 1.44. The van der Waals surface area contributed by atoms with Crippen molar-refractivity contribution in [2.24, 2.45) is 0 Å². The van der Waals surface area contributed by atoms with Gasteiger partial charge in [-0.1, -0.05) is 75.4 Å². The van der Waals surface area contributed by atoms with Crippen LogP contribution in [-0.2, 0) is 15.4 Å². The molecule has 1 N–H and O–H groups in total. The zero-order valence-corrected chi connectivity index (χ0v) is 28.1. The maximum absolute atomic E-state index is 13.5. The van der Waals surface area contributed by atoms with E-state index >= 15 is 0 Å². The fraction of sp³-hybridized carbons (Fsp3) is 0.243. The number of hydrogen-bond acceptors (Lipinski definition) is 7. The minimum Gasteiger partial charge on any atom is -0.466 e. The fourth-order valence-electron chi connectivity index (χ4n) is 5.67. The molecular weight excluding hydrogens is 611 g/mol. The number of carbonyl (C=O) groups excluding carboxylic acids is 1. The molecule has 4 bridgehead atoms. The second kappa shape index (κ2) is 12.3. The zero-order valence-electron chi connectivity index (χ0n) is 27.3. The van der Waals surface area contributed by atoms with Gasteiger partial charge in [-0.05, 0) is 65.8 Å². The molecule has 9 nitrogen and oxygen atoms in total. The van der Waals surface area contributed by atoms with E-state index in [0.717, 1.165) is 27.8 Å². The van der Waals surface area contributed by atoms with Gasteiger partial charge in [-0.15, -0.1) is 0 Å². The van der Waals surface area contributed by atoms with Gasteiger partial charge in [0.25, 0.3) is 15.9 Å². The van der Waals surface area contributed by atoms with Gasteiger partial charge in [0.05, 0.1) is 22.8 Å². The summed E-state index contributed by atoms with van der Waals surface area (Å²) in [6.07, 6.45) is 1.05. The van der Waals surface area contributed by atoms with Gasteiger partial charge in [-0.2, -0.15) is 4.98 Å². The summed E-state index contributed by atoms with van der Waals surface area (Å²) < 4.78 is 36.0. The van der Waals surface area contributed by atoms with Crippen molar-refractivity contribution in [2.75, 3.05) is 18.3 Å². The van der Waals surface area contributed by atoms with Crippen LogP contribution in [0.15, 0.2) is 96.0 Å². The minimum atomic E-state index is -4.14. The van der Waals surface area contributed by atoms with Crippen LogP contribution in [0.3, 0.4) is 0 Å². The van der Waals surface area contributed by atoms with Crippen LogP contribution in [0.1, 0.15) is 59.6 Å². The van der Waals surface area contributed by atoms with Crippen LogP contribution in [0, 0.1) is 13.8 Å². The standard InChI is InChI=1S/C37H37N5O4S/c1-23-9-7-10-24(2)34(23)31-20-33-40-36(39-31)41-47(44,45)29-12-8-11-26(19-29)35(43)42(6)22-32(46-33)30-18-15-27(21-38-30)25-13-16-28(17-14-25)37(3,4)5/h7-21,32H,22H2,1-6H3,(H,39,40,41). The summed E-state index contributed by atoms with van der Waals surface area (Å²) in [5.41, 5.74) is 7.33. The number of aryl methyl sites for hydroxylation is 2. The molecule has 240 valence electrons. The Morgan fingerprint density at radius 2 is 1.53 bits per heavy atom. The lowest BCUT2D eigenvalue weighted by atomic mass is 9.86. The van der Waals surface area contributed by atoms with Crippen molar-refractivity contribution in [1.82, 2.24) is 19.9 Å². The summed E-state index contributed by atoms with van der Waals surface area (Å²) in [5, 5.41) is 0. The van der Waals surface area contributed by atoms with Gasteiger partial charge in [0.15, 0.2) is 6.10 Å². The van der Waals surface area contributed by atoms with Crippen molar-refractivity contribution in [2.45, 2.75) is 51.0 Å². The molecule has 1 aliphatic rings. The van der Waals surface area contributed by atoms with E-state index < -0.39 is 16.1 Å². The lowest BCUT2D eigenvalue weighted by Crippen LogP contribution is -2.33. The predicted octanol–water partition coefficient (Wildman–Crippen LogP) is 7.13. The maximum Gasteiger partial charge on any atom is 0.264 e. The number of anilines is 1. The molecule has 1 unspecified atom stereocenters. The molecule has 3 aromatic carbocycles. The number of sulfonamides is 1. The van der Waals surface area contributed by atoms with Crippen LogP contribution < -0.4 is 9.46 Å². The van der Waals surface area contributed by atoms with Crippen molar-refractivity contribution in [3.8, 4) is 28.3 Å². The molecule has 0 aliphatic carbocycles. The highest BCUT2D eigenvalue weighted by Crippen LogP contribution is 2.32. The number of hydrogen-bond donors (Lipinski definition) is 1. The Labute approximate surface area is 275 Å². The van der Waals surface area contributed by atoms with E-state index in [1.54, 1.807) is 25.4 Å². The van der Waals surface area contributed by atoms with E-state index in [4.69, 9.17) is 9.72 Å². The molecule has 5 aromatic rings. The third-order valence-electron chi connectivity index (χ3n) is 8.31. The lowest BCUT2D eigenvalue weighted by molar-refractivity contribution is 0.0702. The molecular formula is C37H37N5O4S. The van der Waals surface area contributed by atoms with Gasteiger partial charge in [0.2, 0.25) is 11.8 Å². The number of ether oxygens (including phenoxy) is 1. The fourth-order valence-corrected chi connectivity index (χ4v) is 6.66. The van der Waals surface area contributed by atoms with E-state index in [0.29, 0.717) is 11.4 Å². The normalized spacial score (nSPS) is 16.3. The van der Waals surface area contributed by atoms with E-state index in [1.165, 1.54) is 28.7 Å². The first-order valence-electron chi connectivity index (χ1n) is 15.4. The molecule has 0 fully saturated rings. The quantitative estimate of drug-likeness (QED) is 0.222. The van der Waals surface area contributed by atoms with Gasteiger partial charge < -0.3 is 9.64 Å². The molecule has 0 spiro atoms. The monoisotopic (exact) mass is 647 g/mol. The van der Waals surface area contributed by atoms with E-state index in [1.807, 2.05) is 44.2 Å². The molecule has 1 amide bonds. The molecule has 6 rings (SSSR count). The van der Waals surface area contributed by atoms with E-state index in [9.17, 15) is 13.2 Å². The van der Waals surface area contributed by atoms with Crippen molar-refractivity contribution in [3.05, 3.63) is 119 Å². The Morgan fingerprint density at radius 1 is 0.851 bits per heavy atom. The number of nitrogens with zero attached hydrogens (tertiary/aromatic N) is 4. The van der Waals surface area contributed by atoms with Crippen LogP contribution in [0.2, 0.25) is 0 Å². The number of likely N-dealkylation sites (N-methyl/N-ethyl adjacent to an activating group) is 1. The largest absolute Gasteiger partial charge is 0.466 e. The van der Waals surface area contributed by atoms with Gasteiger partial charge in [-0.25, -0.2) is 18.1 Å².